The summed E-state index contributed by atoms with van der Waals surface area (Å²) in [5.41, 5.74) is 0.342. The van der Waals surface area contributed by atoms with Gasteiger partial charge in [-0.1, -0.05) is 27.2 Å². The van der Waals surface area contributed by atoms with Gasteiger partial charge in [-0.2, -0.15) is 0 Å². The average molecular weight is 461 g/mol. The molecule has 0 unspecified atom stereocenters. The molecule has 184 valence electrons. The number of carbonyl (C=O) groups is 2. The minimum absolute atomic E-state index is 0.0172. The highest BCUT2D eigenvalue weighted by Gasteiger charge is 2.30. The molecule has 2 bridgehead atoms. The van der Waals surface area contributed by atoms with Gasteiger partial charge in [0.25, 0.3) is 5.91 Å². The third-order valence-corrected chi connectivity index (χ3v) is 6.28. The number of carbonyl (C=O) groups excluding carboxylic acids is 2. The summed E-state index contributed by atoms with van der Waals surface area (Å²) in [5.74, 6) is 1.13. The van der Waals surface area contributed by atoms with Gasteiger partial charge < -0.3 is 24.6 Å². The van der Waals surface area contributed by atoms with Crippen molar-refractivity contribution in [3.8, 4) is 5.88 Å². The Hall–Kier alpha value is -2.19. The quantitative estimate of drug-likeness (QED) is 0.696. The monoisotopic (exact) mass is 460 g/mol. The van der Waals surface area contributed by atoms with E-state index in [1.165, 1.54) is 0 Å². The van der Waals surface area contributed by atoms with E-state index in [-0.39, 0.29) is 17.7 Å². The summed E-state index contributed by atoms with van der Waals surface area (Å²) in [6.07, 6.45) is 5.01. The van der Waals surface area contributed by atoms with Gasteiger partial charge in [-0.15, -0.1) is 0 Å². The van der Waals surface area contributed by atoms with Crippen molar-refractivity contribution >= 4 is 11.8 Å². The van der Waals surface area contributed by atoms with Gasteiger partial charge in [0.05, 0.1) is 13.2 Å². The number of aromatic nitrogens is 1. The molecule has 33 heavy (non-hydrogen) atoms. The summed E-state index contributed by atoms with van der Waals surface area (Å²) in [7, 11) is 0. The zero-order valence-electron chi connectivity index (χ0n) is 20.4. The maximum absolute atomic E-state index is 13.3. The predicted octanol–water partition coefficient (Wildman–Crippen LogP) is 2.59. The van der Waals surface area contributed by atoms with Crippen molar-refractivity contribution in [2.24, 2.45) is 11.8 Å². The van der Waals surface area contributed by atoms with E-state index in [4.69, 9.17) is 9.47 Å². The first-order chi connectivity index (χ1) is 16.0. The fraction of sp³-hybridized carbons (Fsp3) is 0.720. The van der Waals surface area contributed by atoms with Crippen molar-refractivity contribution in [3.05, 3.63) is 23.9 Å². The molecule has 1 aromatic rings. The van der Waals surface area contributed by atoms with Gasteiger partial charge in [-0.05, 0) is 43.2 Å². The number of ether oxygens (including phenoxy) is 2. The minimum Gasteiger partial charge on any atom is -0.475 e. The van der Waals surface area contributed by atoms with Crippen molar-refractivity contribution in [2.45, 2.75) is 52.5 Å². The molecule has 1 fully saturated rings. The van der Waals surface area contributed by atoms with Crippen molar-refractivity contribution < 1.29 is 19.1 Å². The van der Waals surface area contributed by atoms with Crippen LogP contribution in [-0.4, -0.2) is 85.2 Å². The second-order valence-electron chi connectivity index (χ2n) is 9.55. The molecule has 0 spiro atoms. The molecule has 3 aliphatic rings. The van der Waals surface area contributed by atoms with Crippen LogP contribution in [0.15, 0.2) is 18.3 Å². The fourth-order valence-corrected chi connectivity index (χ4v) is 4.65. The third kappa shape index (κ3) is 7.67. The van der Waals surface area contributed by atoms with Crippen LogP contribution in [0.3, 0.4) is 0 Å². The zero-order valence-corrected chi connectivity index (χ0v) is 20.4. The van der Waals surface area contributed by atoms with Crippen LogP contribution < -0.4 is 10.1 Å². The van der Waals surface area contributed by atoms with Gasteiger partial charge in [0.2, 0.25) is 11.8 Å². The van der Waals surface area contributed by atoms with Gasteiger partial charge in [0, 0.05) is 38.9 Å². The Balaban J connectivity index is 1.77. The van der Waals surface area contributed by atoms with Crippen molar-refractivity contribution in [2.75, 3.05) is 52.5 Å². The molecule has 2 amide bonds. The summed E-state index contributed by atoms with van der Waals surface area (Å²) >= 11 is 0. The molecule has 3 aliphatic heterocycles. The Kier molecular flexibility index (Phi) is 9.94. The van der Waals surface area contributed by atoms with E-state index >= 15 is 0 Å². The molecular weight excluding hydrogens is 420 g/mol. The summed E-state index contributed by atoms with van der Waals surface area (Å²) in [5, 5.41) is 2.95. The summed E-state index contributed by atoms with van der Waals surface area (Å²) in [4.78, 5) is 35.0. The summed E-state index contributed by atoms with van der Waals surface area (Å²) in [6.45, 7) is 12.3. The number of nitrogens with zero attached hydrogens (tertiary/aromatic N) is 3. The topological polar surface area (TPSA) is 84.0 Å². The predicted molar refractivity (Wildman–Crippen MR) is 127 cm³/mol. The lowest BCUT2D eigenvalue weighted by Crippen LogP contribution is -2.51. The van der Waals surface area contributed by atoms with Crippen LogP contribution in [0.4, 0.5) is 0 Å². The van der Waals surface area contributed by atoms with Crippen LogP contribution in [0.2, 0.25) is 0 Å². The highest BCUT2D eigenvalue weighted by molar-refractivity contribution is 5.99. The Morgan fingerprint density at radius 2 is 1.94 bits per heavy atom. The number of hydrogen-bond acceptors (Lipinski definition) is 6. The zero-order chi connectivity index (χ0) is 23.6. The number of piperidine rings is 1. The molecular formula is C25H40N4O4. The first-order valence-corrected chi connectivity index (χ1v) is 12.5. The number of rotatable bonds is 4. The minimum atomic E-state index is -0.535. The van der Waals surface area contributed by atoms with E-state index in [1.54, 1.807) is 18.3 Å². The van der Waals surface area contributed by atoms with E-state index in [1.807, 2.05) is 11.8 Å². The van der Waals surface area contributed by atoms with Crippen molar-refractivity contribution in [3.63, 3.8) is 0 Å². The standard InChI is InChI=1S/C25H40N4O4/c1-4-6-22-25(31)29-11-8-20(9-12-29)18-28(17-19(2)3)13-14-32-15-16-33-24-21(23(30)27-22)7-5-10-26-24/h5,7,10,19-20,22H,4,6,8-9,11-18H2,1-3H3,(H,27,30)/t22-/m1/s1. The normalized spacial score (nSPS) is 24.1. The second-order valence-corrected chi connectivity index (χ2v) is 9.55. The summed E-state index contributed by atoms with van der Waals surface area (Å²) in [6, 6.07) is 2.85. The van der Waals surface area contributed by atoms with Crippen LogP contribution in [0, 0.1) is 11.8 Å². The van der Waals surface area contributed by atoms with E-state index in [0.29, 0.717) is 43.6 Å². The van der Waals surface area contributed by atoms with Crippen LogP contribution in [0.1, 0.15) is 56.8 Å². The van der Waals surface area contributed by atoms with Crippen LogP contribution in [0.25, 0.3) is 0 Å². The molecule has 0 aromatic carbocycles. The van der Waals surface area contributed by atoms with Crippen LogP contribution in [-0.2, 0) is 9.53 Å². The maximum Gasteiger partial charge on any atom is 0.257 e. The summed E-state index contributed by atoms with van der Waals surface area (Å²) < 4.78 is 11.6. The lowest BCUT2D eigenvalue weighted by Gasteiger charge is -2.37. The van der Waals surface area contributed by atoms with Crippen LogP contribution in [0.5, 0.6) is 5.88 Å². The third-order valence-electron chi connectivity index (χ3n) is 6.28. The van der Waals surface area contributed by atoms with Crippen molar-refractivity contribution in [1.29, 1.82) is 0 Å². The molecule has 4 heterocycles. The molecule has 1 saturated heterocycles. The Morgan fingerprint density at radius 1 is 1.15 bits per heavy atom. The molecule has 4 rings (SSSR count). The van der Waals surface area contributed by atoms with Gasteiger partial charge in [-0.3, -0.25) is 9.59 Å². The lowest BCUT2D eigenvalue weighted by atomic mass is 9.95. The molecule has 1 N–H and O–H groups in total. The van der Waals surface area contributed by atoms with E-state index in [2.05, 4.69) is 29.0 Å². The molecule has 8 heteroatoms. The largest absolute Gasteiger partial charge is 0.475 e. The van der Waals surface area contributed by atoms with Gasteiger partial charge >= 0.3 is 0 Å². The maximum atomic E-state index is 13.3. The number of amides is 2. The van der Waals surface area contributed by atoms with Crippen LogP contribution >= 0.6 is 0 Å². The number of pyridine rings is 1. The molecule has 8 nitrogen and oxygen atoms in total. The fourth-order valence-electron chi connectivity index (χ4n) is 4.65. The Bertz CT molecular complexity index is 765. The highest BCUT2D eigenvalue weighted by atomic mass is 16.5. The average Bonchev–Trinajstić information content (AvgIpc) is 2.80. The first kappa shape index (κ1) is 25.4. The Labute approximate surface area is 198 Å². The number of fused-ring (bicyclic) bond motifs is 12. The molecule has 1 atom stereocenters. The van der Waals surface area contributed by atoms with Crippen molar-refractivity contribution in [1.82, 2.24) is 20.1 Å². The van der Waals surface area contributed by atoms with E-state index in [9.17, 15) is 9.59 Å². The Morgan fingerprint density at radius 3 is 2.67 bits per heavy atom. The van der Waals surface area contributed by atoms with E-state index < -0.39 is 6.04 Å². The SMILES string of the molecule is CCC[C@H]1NC(=O)c2cccnc2OCCOCCN(CC(C)C)CC2CCN(CC2)C1=O. The van der Waals surface area contributed by atoms with Gasteiger partial charge in [0.1, 0.15) is 18.2 Å². The van der Waals surface area contributed by atoms with Gasteiger partial charge in [-0.25, -0.2) is 4.98 Å². The lowest BCUT2D eigenvalue weighted by molar-refractivity contribution is -0.135. The van der Waals surface area contributed by atoms with Gasteiger partial charge in [0.15, 0.2) is 0 Å². The second kappa shape index (κ2) is 12.9. The molecule has 0 radical (unpaired) electrons. The molecule has 1 aromatic heterocycles. The number of hydrogen-bond donors (Lipinski definition) is 1. The highest BCUT2D eigenvalue weighted by Crippen LogP contribution is 2.21. The first-order valence-electron chi connectivity index (χ1n) is 12.5. The smallest absolute Gasteiger partial charge is 0.257 e. The molecule has 0 saturated carbocycles. The molecule has 0 aliphatic carbocycles. The number of nitrogens with one attached hydrogen (secondary N) is 1. The van der Waals surface area contributed by atoms with E-state index in [0.717, 1.165) is 52.0 Å².